The Balaban J connectivity index is 2.38. The summed E-state index contributed by atoms with van der Waals surface area (Å²) >= 11 is 0. The third-order valence-electron chi connectivity index (χ3n) is 3.17. The number of nitrogens with one attached hydrogen (secondary N) is 1. The molecule has 0 aromatic heterocycles. The van der Waals surface area contributed by atoms with Crippen LogP contribution in [0.1, 0.15) is 31.9 Å². The number of hydrogen-bond donors (Lipinski definition) is 2. The van der Waals surface area contributed by atoms with Crippen LogP contribution in [-0.4, -0.2) is 29.6 Å². The van der Waals surface area contributed by atoms with E-state index in [1.807, 2.05) is 30.3 Å². The van der Waals surface area contributed by atoms with Crippen LogP contribution in [0.3, 0.4) is 0 Å². The fourth-order valence-electron chi connectivity index (χ4n) is 2.12. The highest BCUT2D eigenvalue weighted by Gasteiger charge is 2.17. The van der Waals surface area contributed by atoms with Gasteiger partial charge in [0.25, 0.3) is 0 Å². The van der Waals surface area contributed by atoms with Gasteiger partial charge in [0.05, 0.1) is 7.11 Å². The number of rotatable bonds is 4. The lowest BCUT2D eigenvalue weighted by Crippen LogP contribution is -2.30. The molecule has 0 atom stereocenters. The van der Waals surface area contributed by atoms with Crippen molar-refractivity contribution in [1.82, 2.24) is 5.43 Å². The zero-order chi connectivity index (χ0) is 18.4. The minimum absolute atomic E-state index is 0.00654. The fraction of sp³-hybridized carbons (Fsp3) is 0.263. The molecule has 1 amide bonds. The molecule has 2 rings (SSSR count). The van der Waals surface area contributed by atoms with E-state index in [1.165, 1.54) is 13.2 Å². The summed E-state index contributed by atoms with van der Waals surface area (Å²) in [7, 11) is 1.52. The summed E-state index contributed by atoms with van der Waals surface area (Å²) < 4.78 is 10.3. The van der Waals surface area contributed by atoms with Gasteiger partial charge in [-0.25, -0.2) is 10.2 Å². The van der Waals surface area contributed by atoms with Gasteiger partial charge in [0, 0.05) is 17.2 Å². The SMILES string of the molecule is COc1ccc(C(=NNC(=O)OC(C)(C)C)c2ccccc2)c(O)c1. The maximum absolute atomic E-state index is 11.9. The van der Waals surface area contributed by atoms with E-state index in [0.717, 1.165) is 5.56 Å². The first-order valence-corrected chi connectivity index (χ1v) is 7.79. The maximum Gasteiger partial charge on any atom is 0.428 e. The van der Waals surface area contributed by atoms with Crippen molar-refractivity contribution in [3.8, 4) is 11.5 Å². The van der Waals surface area contributed by atoms with Gasteiger partial charge in [-0.2, -0.15) is 5.10 Å². The third-order valence-corrected chi connectivity index (χ3v) is 3.17. The molecule has 0 unspecified atom stereocenters. The Morgan fingerprint density at radius 1 is 1.12 bits per heavy atom. The standard InChI is InChI=1S/C19H22N2O4/c1-19(2,3)25-18(23)21-20-17(13-8-6-5-7-9-13)15-11-10-14(24-4)12-16(15)22/h5-12,22H,1-4H3,(H,21,23). The summed E-state index contributed by atoms with van der Waals surface area (Å²) in [5.41, 5.74) is 3.35. The van der Waals surface area contributed by atoms with Crippen molar-refractivity contribution in [2.45, 2.75) is 26.4 Å². The van der Waals surface area contributed by atoms with Gasteiger partial charge in [0.1, 0.15) is 22.8 Å². The van der Waals surface area contributed by atoms with E-state index < -0.39 is 11.7 Å². The number of carbonyl (C=O) groups excluding carboxylic acids is 1. The van der Waals surface area contributed by atoms with E-state index in [-0.39, 0.29) is 5.75 Å². The van der Waals surface area contributed by atoms with Crippen molar-refractivity contribution >= 4 is 11.8 Å². The van der Waals surface area contributed by atoms with Crippen LogP contribution in [0.25, 0.3) is 0 Å². The molecule has 0 fully saturated rings. The van der Waals surface area contributed by atoms with Crippen molar-refractivity contribution in [1.29, 1.82) is 0 Å². The zero-order valence-corrected chi connectivity index (χ0v) is 14.7. The minimum atomic E-state index is -0.672. The van der Waals surface area contributed by atoms with Crippen LogP contribution in [0.2, 0.25) is 0 Å². The summed E-state index contributed by atoms with van der Waals surface area (Å²) in [6.07, 6.45) is -0.672. The molecule has 0 heterocycles. The topological polar surface area (TPSA) is 80.2 Å². The zero-order valence-electron chi connectivity index (χ0n) is 14.7. The molecule has 25 heavy (non-hydrogen) atoms. The molecule has 2 aromatic carbocycles. The number of benzene rings is 2. The first kappa shape index (κ1) is 18.3. The quantitative estimate of drug-likeness (QED) is 0.656. The molecule has 6 nitrogen and oxygen atoms in total. The van der Waals surface area contributed by atoms with E-state index in [1.54, 1.807) is 32.9 Å². The second-order valence-corrected chi connectivity index (χ2v) is 6.32. The number of hydrazone groups is 1. The third kappa shape index (κ3) is 5.24. The van der Waals surface area contributed by atoms with Gasteiger partial charge in [0.2, 0.25) is 0 Å². The van der Waals surface area contributed by atoms with E-state index in [0.29, 0.717) is 17.0 Å². The number of nitrogens with zero attached hydrogens (tertiary/aromatic N) is 1. The Labute approximate surface area is 147 Å². The first-order valence-electron chi connectivity index (χ1n) is 7.79. The molecule has 132 valence electrons. The molecule has 2 N–H and O–H groups in total. The molecule has 0 radical (unpaired) electrons. The fourth-order valence-corrected chi connectivity index (χ4v) is 2.12. The van der Waals surface area contributed by atoms with Crippen molar-refractivity contribution < 1.29 is 19.4 Å². The molecular formula is C19H22N2O4. The first-order chi connectivity index (χ1) is 11.8. The molecule has 0 aliphatic rings. The Kier molecular flexibility index (Phi) is 5.64. The van der Waals surface area contributed by atoms with Crippen molar-refractivity contribution in [3.05, 3.63) is 59.7 Å². The number of ether oxygens (including phenoxy) is 2. The Bertz CT molecular complexity index is 765. The lowest BCUT2D eigenvalue weighted by molar-refractivity contribution is 0.0529. The highest BCUT2D eigenvalue weighted by Crippen LogP contribution is 2.26. The van der Waals surface area contributed by atoms with Gasteiger partial charge < -0.3 is 14.6 Å². The monoisotopic (exact) mass is 342 g/mol. The van der Waals surface area contributed by atoms with Crippen LogP contribution in [0, 0.1) is 0 Å². The molecule has 0 aliphatic carbocycles. The molecule has 0 aliphatic heterocycles. The van der Waals surface area contributed by atoms with Crippen molar-refractivity contribution in [3.63, 3.8) is 0 Å². The highest BCUT2D eigenvalue weighted by molar-refractivity contribution is 6.14. The number of phenolic OH excluding ortho intramolecular Hbond substituents is 1. The molecule has 2 aromatic rings. The lowest BCUT2D eigenvalue weighted by Gasteiger charge is -2.19. The number of hydrogen-bond acceptors (Lipinski definition) is 5. The average molecular weight is 342 g/mol. The summed E-state index contributed by atoms with van der Waals surface area (Å²) in [6.45, 7) is 5.30. The Morgan fingerprint density at radius 3 is 2.36 bits per heavy atom. The van der Waals surface area contributed by atoms with Crippen LogP contribution in [0.5, 0.6) is 11.5 Å². The van der Waals surface area contributed by atoms with Gasteiger partial charge in [-0.15, -0.1) is 0 Å². The molecular weight excluding hydrogens is 320 g/mol. The van der Waals surface area contributed by atoms with Crippen molar-refractivity contribution in [2.75, 3.05) is 7.11 Å². The van der Waals surface area contributed by atoms with Crippen molar-refractivity contribution in [2.24, 2.45) is 5.10 Å². The lowest BCUT2D eigenvalue weighted by atomic mass is 10.0. The number of phenols is 1. The summed E-state index contributed by atoms with van der Waals surface area (Å²) in [6, 6.07) is 14.1. The smallest absolute Gasteiger partial charge is 0.428 e. The van der Waals surface area contributed by atoms with Gasteiger partial charge in [-0.1, -0.05) is 30.3 Å². The predicted molar refractivity (Wildman–Crippen MR) is 96.1 cm³/mol. The van der Waals surface area contributed by atoms with Gasteiger partial charge in [-0.3, -0.25) is 0 Å². The van der Waals surface area contributed by atoms with Crippen LogP contribution in [0.4, 0.5) is 4.79 Å². The van der Waals surface area contributed by atoms with E-state index in [9.17, 15) is 9.90 Å². The number of amides is 1. The Morgan fingerprint density at radius 2 is 1.80 bits per heavy atom. The maximum atomic E-state index is 11.9. The second kappa shape index (κ2) is 7.70. The number of carbonyl (C=O) groups is 1. The van der Waals surface area contributed by atoms with E-state index >= 15 is 0 Å². The van der Waals surface area contributed by atoms with Gasteiger partial charge >= 0.3 is 6.09 Å². The van der Waals surface area contributed by atoms with E-state index in [2.05, 4.69) is 10.5 Å². The molecule has 6 heteroatoms. The molecule has 0 bridgehead atoms. The van der Waals surface area contributed by atoms with E-state index in [4.69, 9.17) is 9.47 Å². The molecule has 0 saturated heterocycles. The molecule has 0 spiro atoms. The number of methoxy groups -OCH3 is 1. The predicted octanol–water partition coefficient (Wildman–Crippen LogP) is 3.68. The van der Waals surface area contributed by atoms with Gasteiger partial charge in [0.15, 0.2) is 0 Å². The number of aromatic hydroxyl groups is 1. The van der Waals surface area contributed by atoms with Gasteiger partial charge in [-0.05, 0) is 32.9 Å². The summed E-state index contributed by atoms with van der Waals surface area (Å²) in [5.74, 6) is 0.515. The second-order valence-electron chi connectivity index (χ2n) is 6.32. The molecule has 0 saturated carbocycles. The van der Waals surface area contributed by atoms with Crippen LogP contribution < -0.4 is 10.2 Å². The van der Waals surface area contributed by atoms with Crippen LogP contribution >= 0.6 is 0 Å². The summed E-state index contributed by atoms with van der Waals surface area (Å²) in [4.78, 5) is 11.9. The minimum Gasteiger partial charge on any atom is -0.507 e. The Hall–Kier alpha value is -3.02. The highest BCUT2D eigenvalue weighted by atomic mass is 16.6. The normalized spacial score (nSPS) is 11.8. The average Bonchev–Trinajstić information content (AvgIpc) is 2.55. The summed E-state index contributed by atoms with van der Waals surface area (Å²) in [5, 5.41) is 14.5. The van der Waals surface area contributed by atoms with Crippen LogP contribution in [-0.2, 0) is 4.74 Å². The largest absolute Gasteiger partial charge is 0.507 e. The van der Waals surface area contributed by atoms with Crippen LogP contribution in [0.15, 0.2) is 53.6 Å².